The second kappa shape index (κ2) is 6.23. The van der Waals surface area contributed by atoms with Gasteiger partial charge in [0.25, 0.3) is 0 Å². The van der Waals surface area contributed by atoms with Crippen LogP contribution in [0.1, 0.15) is 0 Å². The molecule has 2 aromatic rings. The number of nitrogens with zero attached hydrogens (tertiary/aromatic N) is 4. The van der Waals surface area contributed by atoms with E-state index in [1.807, 2.05) is 24.3 Å². The topological polar surface area (TPSA) is 79.8 Å². The van der Waals surface area contributed by atoms with E-state index in [0.29, 0.717) is 18.9 Å². The molecule has 124 valence electrons. The fourth-order valence-electron chi connectivity index (χ4n) is 2.77. The van der Waals surface area contributed by atoms with Crippen LogP contribution in [0.25, 0.3) is 0 Å². The fourth-order valence-corrected chi connectivity index (χ4v) is 2.77. The van der Waals surface area contributed by atoms with Crippen LogP contribution in [0.4, 0.5) is 17.3 Å². The highest BCUT2D eigenvalue weighted by Crippen LogP contribution is 2.35. The summed E-state index contributed by atoms with van der Waals surface area (Å²) in [6, 6.07) is 7.57. The lowest BCUT2D eigenvalue weighted by Crippen LogP contribution is -2.46. The van der Waals surface area contributed by atoms with Crippen molar-refractivity contribution in [2.45, 2.75) is 0 Å². The van der Waals surface area contributed by atoms with Gasteiger partial charge in [-0.1, -0.05) is 0 Å². The van der Waals surface area contributed by atoms with E-state index in [-0.39, 0.29) is 6.79 Å². The summed E-state index contributed by atoms with van der Waals surface area (Å²) in [6.45, 7) is 3.19. The standard InChI is InChI=1S/C16H17N5O3/c22-10-20-3-5-21(6-4-20)16-8-15(17-9-18-16)19-12-1-2-13-14(7-12)24-11-23-13/h1-2,7-10H,3-6,11H2,(H,17,18,19). The maximum absolute atomic E-state index is 10.8. The maximum Gasteiger partial charge on any atom is 0.231 e. The van der Waals surface area contributed by atoms with Crippen LogP contribution in [0.3, 0.4) is 0 Å². The second-order valence-corrected chi connectivity index (χ2v) is 5.58. The van der Waals surface area contributed by atoms with E-state index in [2.05, 4.69) is 20.2 Å². The molecule has 1 aromatic carbocycles. The quantitative estimate of drug-likeness (QED) is 0.846. The van der Waals surface area contributed by atoms with Gasteiger partial charge >= 0.3 is 0 Å². The highest BCUT2D eigenvalue weighted by molar-refractivity contribution is 5.63. The lowest BCUT2D eigenvalue weighted by molar-refractivity contribution is -0.118. The van der Waals surface area contributed by atoms with Crippen LogP contribution in [0.2, 0.25) is 0 Å². The van der Waals surface area contributed by atoms with Gasteiger partial charge in [-0.2, -0.15) is 0 Å². The van der Waals surface area contributed by atoms with Crippen molar-refractivity contribution < 1.29 is 14.3 Å². The van der Waals surface area contributed by atoms with E-state index in [1.54, 1.807) is 4.90 Å². The predicted octanol–water partition coefficient (Wildman–Crippen LogP) is 1.23. The molecule has 0 spiro atoms. The van der Waals surface area contributed by atoms with Crippen LogP contribution >= 0.6 is 0 Å². The summed E-state index contributed by atoms with van der Waals surface area (Å²) in [5.41, 5.74) is 0.870. The van der Waals surface area contributed by atoms with Gasteiger partial charge < -0.3 is 24.6 Å². The first-order chi connectivity index (χ1) is 11.8. The van der Waals surface area contributed by atoms with Crippen molar-refractivity contribution in [3.05, 3.63) is 30.6 Å². The van der Waals surface area contributed by atoms with Crippen molar-refractivity contribution >= 4 is 23.7 Å². The smallest absolute Gasteiger partial charge is 0.231 e. The third-order valence-corrected chi connectivity index (χ3v) is 4.08. The van der Waals surface area contributed by atoms with Gasteiger partial charge in [0.15, 0.2) is 11.5 Å². The Morgan fingerprint density at radius 2 is 1.88 bits per heavy atom. The molecule has 0 saturated carbocycles. The number of anilines is 3. The van der Waals surface area contributed by atoms with Crippen LogP contribution in [-0.2, 0) is 4.79 Å². The van der Waals surface area contributed by atoms with Crippen molar-refractivity contribution in [2.75, 3.05) is 43.2 Å². The lowest BCUT2D eigenvalue weighted by atomic mass is 10.2. The third kappa shape index (κ3) is 2.90. The molecule has 1 fully saturated rings. The Balaban J connectivity index is 1.48. The molecule has 4 rings (SSSR count). The number of hydrogen-bond acceptors (Lipinski definition) is 7. The molecule has 24 heavy (non-hydrogen) atoms. The summed E-state index contributed by atoms with van der Waals surface area (Å²) in [4.78, 5) is 23.3. The normalized spacial score (nSPS) is 16.2. The Hall–Kier alpha value is -3.03. The molecule has 0 unspecified atom stereocenters. The van der Waals surface area contributed by atoms with Crippen LogP contribution in [0, 0.1) is 0 Å². The molecule has 0 aliphatic carbocycles. The summed E-state index contributed by atoms with van der Waals surface area (Å²) >= 11 is 0. The first kappa shape index (κ1) is 14.6. The van der Waals surface area contributed by atoms with Gasteiger partial charge in [0.1, 0.15) is 18.0 Å². The van der Waals surface area contributed by atoms with Crippen LogP contribution in [0.15, 0.2) is 30.6 Å². The van der Waals surface area contributed by atoms with Gasteiger partial charge in [-0.25, -0.2) is 9.97 Å². The molecule has 8 heteroatoms. The lowest BCUT2D eigenvalue weighted by Gasteiger charge is -2.33. The van der Waals surface area contributed by atoms with Crippen molar-refractivity contribution in [3.63, 3.8) is 0 Å². The first-order valence-electron chi connectivity index (χ1n) is 7.75. The van der Waals surface area contributed by atoms with E-state index in [1.165, 1.54) is 6.33 Å². The first-order valence-corrected chi connectivity index (χ1v) is 7.75. The number of amides is 1. The number of ether oxygens (including phenoxy) is 2. The number of fused-ring (bicyclic) bond motifs is 1. The van der Waals surface area contributed by atoms with Crippen LogP contribution in [0.5, 0.6) is 11.5 Å². The highest BCUT2D eigenvalue weighted by Gasteiger charge is 2.17. The maximum atomic E-state index is 10.8. The number of benzene rings is 1. The third-order valence-electron chi connectivity index (χ3n) is 4.08. The molecule has 1 N–H and O–H groups in total. The zero-order valence-electron chi connectivity index (χ0n) is 13.0. The van der Waals surface area contributed by atoms with Gasteiger partial charge in [-0.15, -0.1) is 0 Å². The summed E-state index contributed by atoms with van der Waals surface area (Å²) in [7, 11) is 0. The molecule has 2 aliphatic rings. The van der Waals surface area contributed by atoms with Gasteiger partial charge in [0.2, 0.25) is 13.2 Å². The Labute approximate surface area is 139 Å². The zero-order chi connectivity index (χ0) is 16.4. The van der Waals surface area contributed by atoms with Gasteiger partial charge in [0, 0.05) is 44.0 Å². The van der Waals surface area contributed by atoms with Crippen molar-refractivity contribution in [3.8, 4) is 11.5 Å². The molecule has 3 heterocycles. The number of carbonyl (C=O) groups excluding carboxylic acids is 1. The highest BCUT2D eigenvalue weighted by atomic mass is 16.7. The average molecular weight is 327 g/mol. The molecule has 1 amide bonds. The summed E-state index contributed by atoms with van der Waals surface area (Å²) in [6.07, 6.45) is 2.43. The predicted molar refractivity (Wildman–Crippen MR) is 87.7 cm³/mol. The molecular weight excluding hydrogens is 310 g/mol. The van der Waals surface area contributed by atoms with Crippen LogP contribution < -0.4 is 19.7 Å². The Morgan fingerprint density at radius 3 is 2.71 bits per heavy atom. The number of carbonyl (C=O) groups is 1. The van der Waals surface area contributed by atoms with Crippen LogP contribution in [-0.4, -0.2) is 54.2 Å². The van der Waals surface area contributed by atoms with E-state index >= 15 is 0 Å². The molecular formula is C16H17N5O3. The molecule has 1 aromatic heterocycles. The molecule has 0 bridgehead atoms. The number of aromatic nitrogens is 2. The molecule has 0 atom stereocenters. The van der Waals surface area contributed by atoms with Gasteiger partial charge in [-0.3, -0.25) is 4.79 Å². The fraction of sp³-hybridized carbons (Fsp3) is 0.312. The van der Waals surface area contributed by atoms with Gasteiger partial charge in [0.05, 0.1) is 0 Å². The number of piperazine rings is 1. The Morgan fingerprint density at radius 1 is 1.04 bits per heavy atom. The van der Waals surface area contributed by atoms with Crippen molar-refractivity contribution in [2.24, 2.45) is 0 Å². The summed E-state index contributed by atoms with van der Waals surface area (Å²) in [5.74, 6) is 3.02. The summed E-state index contributed by atoms with van der Waals surface area (Å²) < 4.78 is 10.7. The number of rotatable bonds is 4. The van der Waals surface area contributed by atoms with Gasteiger partial charge in [-0.05, 0) is 12.1 Å². The number of nitrogens with one attached hydrogen (secondary N) is 1. The molecule has 2 aliphatic heterocycles. The minimum atomic E-state index is 0.253. The van der Waals surface area contributed by atoms with E-state index in [9.17, 15) is 4.79 Å². The monoisotopic (exact) mass is 327 g/mol. The SMILES string of the molecule is O=CN1CCN(c2cc(Nc3ccc4c(c3)OCO4)ncn2)CC1. The minimum absolute atomic E-state index is 0.253. The average Bonchev–Trinajstić information content (AvgIpc) is 3.10. The zero-order valence-corrected chi connectivity index (χ0v) is 13.0. The minimum Gasteiger partial charge on any atom is -0.454 e. The molecule has 1 saturated heterocycles. The Kier molecular flexibility index (Phi) is 3.78. The largest absolute Gasteiger partial charge is 0.454 e. The summed E-state index contributed by atoms with van der Waals surface area (Å²) in [5, 5.41) is 3.25. The Bertz CT molecular complexity index is 746. The number of hydrogen-bond donors (Lipinski definition) is 1. The van der Waals surface area contributed by atoms with Crippen molar-refractivity contribution in [1.82, 2.24) is 14.9 Å². The van der Waals surface area contributed by atoms with E-state index in [4.69, 9.17) is 9.47 Å². The van der Waals surface area contributed by atoms with E-state index < -0.39 is 0 Å². The molecule has 8 nitrogen and oxygen atoms in total. The molecule has 0 radical (unpaired) electrons. The van der Waals surface area contributed by atoms with E-state index in [0.717, 1.165) is 42.5 Å². The second-order valence-electron chi connectivity index (χ2n) is 5.58. The van der Waals surface area contributed by atoms with Crippen molar-refractivity contribution in [1.29, 1.82) is 0 Å².